The van der Waals surface area contributed by atoms with Crippen LogP contribution in [-0.2, 0) is 6.54 Å². The molecule has 0 saturated heterocycles. The molecule has 166 valence electrons. The van der Waals surface area contributed by atoms with Gasteiger partial charge in [0.05, 0.1) is 36.5 Å². The van der Waals surface area contributed by atoms with Crippen molar-refractivity contribution in [3.05, 3.63) is 89.5 Å². The summed E-state index contributed by atoms with van der Waals surface area (Å²) in [5, 5.41) is 3.07. The van der Waals surface area contributed by atoms with Gasteiger partial charge in [-0.15, -0.1) is 0 Å². The standard InChI is InChI=1S/C26H24N4O3/c1-16-17(2)30(15-18-9-4-7-12-21(18)32-3)25(29-26(31)22-13-8-14-33-22)23(16)24-27-19-10-5-6-11-20(19)28-24/h4-14H,15H2,1-3H3,(H,27,28)(H,29,31). The smallest absolute Gasteiger partial charge is 0.292 e. The third-order valence-electron chi connectivity index (χ3n) is 5.95. The number of hydrogen-bond donors (Lipinski definition) is 2. The van der Waals surface area contributed by atoms with E-state index in [1.54, 1.807) is 19.2 Å². The van der Waals surface area contributed by atoms with Gasteiger partial charge in [0.25, 0.3) is 5.91 Å². The molecule has 2 aromatic carbocycles. The number of imidazole rings is 1. The van der Waals surface area contributed by atoms with Crippen LogP contribution in [0.1, 0.15) is 27.4 Å². The van der Waals surface area contributed by atoms with Crippen molar-refractivity contribution in [2.75, 3.05) is 12.4 Å². The minimum absolute atomic E-state index is 0.242. The summed E-state index contributed by atoms with van der Waals surface area (Å²) < 4.78 is 13.0. The summed E-state index contributed by atoms with van der Waals surface area (Å²) >= 11 is 0. The molecule has 7 heteroatoms. The van der Waals surface area contributed by atoms with Gasteiger partial charge in [0.15, 0.2) is 5.76 Å². The number of rotatable bonds is 6. The highest BCUT2D eigenvalue weighted by Crippen LogP contribution is 2.37. The number of carbonyl (C=O) groups is 1. The van der Waals surface area contributed by atoms with Crippen LogP contribution >= 0.6 is 0 Å². The summed E-state index contributed by atoms with van der Waals surface area (Å²) in [6.07, 6.45) is 1.49. The van der Waals surface area contributed by atoms with Crippen LogP contribution in [0.3, 0.4) is 0 Å². The monoisotopic (exact) mass is 440 g/mol. The zero-order valence-electron chi connectivity index (χ0n) is 18.7. The van der Waals surface area contributed by atoms with Gasteiger partial charge in [0, 0.05) is 11.3 Å². The van der Waals surface area contributed by atoms with Gasteiger partial charge in [-0.3, -0.25) is 4.79 Å². The number of benzene rings is 2. The number of H-pyrrole nitrogens is 1. The number of furan rings is 1. The van der Waals surface area contributed by atoms with E-state index in [2.05, 4.69) is 14.9 Å². The van der Waals surface area contributed by atoms with E-state index in [4.69, 9.17) is 14.1 Å². The fourth-order valence-electron chi connectivity index (χ4n) is 4.13. The summed E-state index contributed by atoms with van der Waals surface area (Å²) in [7, 11) is 1.66. The van der Waals surface area contributed by atoms with E-state index in [9.17, 15) is 4.79 Å². The van der Waals surface area contributed by atoms with Crippen molar-refractivity contribution >= 4 is 22.8 Å². The number of carbonyl (C=O) groups excluding carboxylic acids is 1. The average Bonchev–Trinajstić information content (AvgIpc) is 3.55. The van der Waals surface area contributed by atoms with Crippen molar-refractivity contribution in [3.63, 3.8) is 0 Å². The number of nitrogens with zero attached hydrogens (tertiary/aromatic N) is 2. The number of hydrogen-bond acceptors (Lipinski definition) is 4. The highest BCUT2D eigenvalue weighted by molar-refractivity contribution is 6.04. The average molecular weight is 441 g/mol. The number of amides is 1. The molecule has 7 nitrogen and oxygen atoms in total. The van der Waals surface area contributed by atoms with Gasteiger partial charge < -0.3 is 24.0 Å². The second-order valence-electron chi connectivity index (χ2n) is 7.87. The fourth-order valence-corrected chi connectivity index (χ4v) is 4.13. The summed E-state index contributed by atoms with van der Waals surface area (Å²) in [6, 6.07) is 19.1. The molecule has 3 heterocycles. The first-order valence-corrected chi connectivity index (χ1v) is 10.7. The molecular formula is C26H24N4O3. The van der Waals surface area contributed by atoms with E-state index in [-0.39, 0.29) is 11.7 Å². The molecule has 0 aliphatic carbocycles. The number of nitrogens with one attached hydrogen (secondary N) is 2. The second-order valence-corrected chi connectivity index (χ2v) is 7.87. The molecule has 0 atom stereocenters. The summed E-state index contributed by atoms with van der Waals surface area (Å²) in [5.74, 6) is 2.06. The Morgan fingerprint density at radius 1 is 1.09 bits per heavy atom. The first-order chi connectivity index (χ1) is 16.1. The van der Waals surface area contributed by atoms with Crippen LogP contribution in [0.5, 0.6) is 5.75 Å². The molecule has 33 heavy (non-hydrogen) atoms. The molecule has 1 amide bonds. The van der Waals surface area contributed by atoms with Crippen molar-refractivity contribution < 1.29 is 13.9 Å². The Kier molecular flexibility index (Phi) is 5.22. The predicted octanol–water partition coefficient (Wildman–Crippen LogP) is 5.55. The van der Waals surface area contributed by atoms with Gasteiger partial charge >= 0.3 is 0 Å². The lowest BCUT2D eigenvalue weighted by Crippen LogP contribution is -2.16. The lowest BCUT2D eigenvalue weighted by atomic mass is 10.1. The van der Waals surface area contributed by atoms with Gasteiger partial charge in [0.2, 0.25) is 0 Å². The Balaban J connectivity index is 1.67. The van der Waals surface area contributed by atoms with Gasteiger partial charge in [-0.1, -0.05) is 30.3 Å². The Morgan fingerprint density at radius 2 is 1.88 bits per heavy atom. The highest BCUT2D eigenvalue weighted by Gasteiger charge is 2.25. The molecule has 0 radical (unpaired) electrons. The van der Waals surface area contributed by atoms with Crippen LogP contribution in [0.4, 0.5) is 5.82 Å². The molecule has 5 rings (SSSR count). The topological polar surface area (TPSA) is 85.1 Å². The number of fused-ring (bicyclic) bond motifs is 1. The number of ether oxygens (including phenoxy) is 1. The van der Waals surface area contributed by atoms with Gasteiger partial charge in [-0.2, -0.15) is 0 Å². The normalized spacial score (nSPS) is 11.1. The minimum Gasteiger partial charge on any atom is -0.496 e. The Morgan fingerprint density at radius 3 is 2.64 bits per heavy atom. The first-order valence-electron chi connectivity index (χ1n) is 10.7. The van der Waals surface area contributed by atoms with Crippen molar-refractivity contribution in [2.24, 2.45) is 0 Å². The minimum atomic E-state index is -0.323. The van der Waals surface area contributed by atoms with E-state index >= 15 is 0 Å². The largest absolute Gasteiger partial charge is 0.496 e. The Hall–Kier alpha value is -4.26. The first kappa shape index (κ1) is 20.6. The molecule has 0 aliphatic rings. The molecule has 0 fully saturated rings. The maximum absolute atomic E-state index is 13.0. The lowest BCUT2D eigenvalue weighted by Gasteiger charge is -2.15. The molecule has 3 aromatic heterocycles. The highest BCUT2D eigenvalue weighted by atomic mass is 16.5. The maximum Gasteiger partial charge on any atom is 0.292 e. The van der Waals surface area contributed by atoms with Crippen molar-refractivity contribution in [3.8, 4) is 17.1 Å². The maximum atomic E-state index is 13.0. The summed E-state index contributed by atoms with van der Waals surface area (Å²) in [4.78, 5) is 21.2. The molecule has 0 bridgehead atoms. The van der Waals surface area contributed by atoms with Crippen molar-refractivity contribution in [1.29, 1.82) is 0 Å². The van der Waals surface area contributed by atoms with E-state index in [0.717, 1.165) is 39.2 Å². The van der Waals surface area contributed by atoms with Gasteiger partial charge in [-0.05, 0) is 49.7 Å². The fraction of sp³-hybridized carbons (Fsp3) is 0.154. The quantitative estimate of drug-likeness (QED) is 0.362. The lowest BCUT2D eigenvalue weighted by molar-refractivity contribution is 0.0996. The van der Waals surface area contributed by atoms with E-state index < -0.39 is 0 Å². The number of methoxy groups -OCH3 is 1. The van der Waals surface area contributed by atoms with Crippen molar-refractivity contribution in [2.45, 2.75) is 20.4 Å². The Bertz CT molecular complexity index is 1410. The van der Waals surface area contributed by atoms with E-state index in [1.807, 2.05) is 62.4 Å². The van der Waals surface area contributed by atoms with Gasteiger partial charge in [0.1, 0.15) is 17.4 Å². The molecular weight excluding hydrogens is 416 g/mol. The molecule has 5 aromatic rings. The molecule has 0 saturated carbocycles. The van der Waals surface area contributed by atoms with Crippen molar-refractivity contribution in [1.82, 2.24) is 14.5 Å². The Labute approximate surface area is 191 Å². The molecule has 0 spiro atoms. The summed E-state index contributed by atoms with van der Waals surface area (Å²) in [5.41, 5.74) is 5.70. The van der Waals surface area contributed by atoms with E-state index in [1.165, 1.54) is 6.26 Å². The second kappa shape index (κ2) is 8.35. The summed E-state index contributed by atoms with van der Waals surface area (Å²) in [6.45, 7) is 4.60. The number of para-hydroxylation sites is 3. The van der Waals surface area contributed by atoms with E-state index in [0.29, 0.717) is 18.2 Å². The van der Waals surface area contributed by atoms with Crippen LogP contribution in [-0.4, -0.2) is 27.6 Å². The predicted molar refractivity (Wildman–Crippen MR) is 128 cm³/mol. The number of aromatic amines is 1. The zero-order valence-corrected chi connectivity index (χ0v) is 18.7. The number of anilines is 1. The molecule has 0 aliphatic heterocycles. The molecule has 2 N–H and O–H groups in total. The third kappa shape index (κ3) is 3.67. The molecule has 0 unspecified atom stereocenters. The van der Waals surface area contributed by atoms with Crippen LogP contribution in [0, 0.1) is 13.8 Å². The zero-order chi connectivity index (χ0) is 22.9. The van der Waals surface area contributed by atoms with Crippen LogP contribution in [0.15, 0.2) is 71.3 Å². The van der Waals surface area contributed by atoms with Crippen LogP contribution in [0.2, 0.25) is 0 Å². The SMILES string of the molecule is COc1ccccc1Cn1c(C)c(C)c(-c2nc3ccccc3[nH]2)c1NC(=O)c1ccco1. The third-order valence-corrected chi connectivity index (χ3v) is 5.95. The van der Waals surface area contributed by atoms with Crippen LogP contribution < -0.4 is 10.1 Å². The van der Waals surface area contributed by atoms with Crippen LogP contribution in [0.25, 0.3) is 22.4 Å². The number of aromatic nitrogens is 3. The van der Waals surface area contributed by atoms with Gasteiger partial charge in [-0.25, -0.2) is 4.98 Å².